The summed E-state index contributed by atoms with van der Waals surface area (Å²) < 4.78 is 40.1. The van der Waals surface area contributed by atoms with E-state index in [4.69, 9.17) is 0 Å². The molecular weight excluding hydrogens is 395 g/mol. The van der Waals surface area contributed by atoms with Crippen molar-refractivity contribution in [3.63, 3.8) is 0 Å². The van der Waals surface area contributed by atoms with Crippen LogP contribution in [0.15, 0.2) is 53.4 Å². The van der Waals surface area contributed by atoms with Gasteiger partial charge in [-0.05, 0) is 49.2 Å². The normalized spacial score (nSPS) is 17.6. The minimum atomic E-state index is -3.86. The van der Waals surface area contributed by atoms with Crippen molar-refractivity contribution in [2.45, 2.75) is 30.2 Å². The third-order valence-electron chi connectivity index (χ3n) is 5.03. The van der Waals surface area contributed by atoms with Crippen LogP contribution in [-0.4, -0.2) is 47.7 Å². The van der Waals surface area contributed by atoms with Crippen molar-refractivity contribution in [1.82, 2.24) is 19.6 Å². The van der Waals surface area contributed by atoms with E-state index in [1.165, 1.54) is 16.4 Å². The number of carbonyl (C=O) groups excluding carboxylic acids is 1. The maximum atomic E-state index is 13.1. The third kappa shape index (κ3) is 4.01. The van der Waals surface area contributed by atoms with E-state index in [2.05, 4.69) is 15.3 Å². The third-order valence-corrected chi connectivity index (χ3v) is 6.95. The van der Waals surface area contributed by atoms with Gasteiger partial charge in [0.1, 0.15) is 17.7 Å². The molecular formula is C20H21FN4O3S. The van der Waals surface area contributed by atoms with Crippen molar-refractivity contribution < 1.29 is 17.6 Å². The molecule has 0 spiro atoms. The van der Waals surface area contributed by atoms with Gasteiger partial charge in [-0.2, -0.15) is 4.31 Å². The molecule has 0 saturated carbocycles. The Kier molecular flexibility index (Phi) is 5.33. The minimum Gasteiger partial charge on any atom is -0.354 e. The highest BCUT2D eigenvalue weighted by molar-refractivity contribution is 7.89. The van der Waals surface area contributed by atoms with Gasteiger partial charge in [-0.15, -0.1) is 0 Å². The van der Waals surface area contributed by atoms with Crippen molar-refractivity contribution in [2.75, 3.05) is 13.1 Å². The van der Waals surface area contributed by atoms with E-state index in [1.54, 1.807) is 0 Å². The van der Waals surface area contributed by atoms with Crippen LogP contribution >= 0.6 is 0 Å². The molecule has 2 heterocycles. The zero-order chi connectivity index (χ0) is 20.4. The van der Waals surface area contributed by atoms with Crippen LogP contribution in [0.2, 0.25) is 0 Å². The van der Waals surface area contributed by atoms with Crippen LogP contribution in [0.25, 0.3) is 11.0 Å². The molecule has 1 fully saturated rings. The Labute approximate surface area is 168 Å². The summed E-state index contributed by atoms with van der Waals surface area (Å²) in [6, 6.07) is 11.6. The zero-order valence-electron chi connectivity index (χ0n) is 15.6. The first-order valence-electron chi connectivity index (χ1n) is 9.44. The first kappa shape index (κ1) is 19.5. The summed E-state index contributed by atoms with van der Waals surface area (Å²) in [5.74, 6) is -0.0803. The summed E-state index contributed by atoms with van der Waals surface area (Å²) in [5.41, 5.74) is 1.79. The molecule has 2 aromatic carbocycles. The van der Waals surface area contributed by atoms with Gasteiger partial charge in [0, 0.05) is 19.5 Å². The first-order valence-corrected chi connectivity index (χ1v) is 10.9. The molecule has 0 unspecified atom stereocenters. The molecule has 1 aliphatic rings. The number of carbonyl (C=O) groups is 1. The molecule has 9 heteroatoms. The lowest BCUT2D eigenvalue weighted by Gasteiger charge is -2.23. The topological polar surface area (TPSA) is 95.2 Å². The Balaban J connectivity index is 1.40. The van der Waals surface area contributed by atoms with E-state index >= 15 is 0 Å². The average molecular weight is 416 g/mol. The number of nitrogens with zero attached hydrogens (tertiary/aromatic N) is 2. The van der Waals surface area contributed by atoms with Gasteiger partial charge < -0.3 is 10.3 Å². The smallest absolute Gasteiger partial charge is 0.243 e. The van der Waals surface area contributed by atoms with Crippen LogP contribution < -0.4 is 5.32 Å². The number of rotatable bonds is 6. The summed E-state index contributed by atoms with van der Waals surface area (Å²) in [5, 5.41) is 2.82. The van der Waals surface area contributed by atoms with E-state index in [0.717, 1.165) is 29.0 Å². The first-order chi connectivity index (χ1) is 13.9. The number of halogens is 1. The summed E-state index contributed by atoms with van der Waals surface area (Å²) in [6.45, 7) is 0.612. The minimum absolute atomic E-state index is 0.0131. The molecule has 1 saturated heterocycles. The lowest BCUT2D eigenvalue weighted by atomic mass is 10.2. The monoisotopic (exact) mass is 416 g/mol. The van der Waals surface area contributed by atoms with Crippen LogP contribution in [-0.2, 0) is 21.2 Å². The molecule has 0 radical (unpaired) electrons. The van der Waals surface area contributed by atoms with Crippen molar-refractivity contribution in [3.05, 3.63) is 60.2 Å². The van der Waals surface area contributed by atoms with Gasteiger partial charge in [-0.1, -0.05) is 12.1 Å². The molecule has 29 heavy (non-hydrogen) atoms. The van der Waals surface area contributed by atoms with E-state index < -0.39 is 21.9 Å². The average Bonchev–Trinajstić information content (AvgIpc) is 3.35. The number of H-pyrrole nitrogens is 1. The van der Waals surface area contributed by atoms with Gasteiger partial charge in [0.2, 0.25) is 15.9 Å². The molecule has 3 aromatic rings. The van der Waals surface area contributed by atoms with Gasteiger partial charge >= 0.3 is 0 Å². The van der Waals surface area contributed by atoms with Gasteiger partial charge in [-0.25, -0.2) is 17.8 Å². The Bertz CT molecular complexity index is 1100. The van der Waals surface area contributed by atoms with E-state index in [0.29, 0.717) is 25.8 Å². The Morgan fingerprint density at radius 3 is 2.72 bits per heavy atom. The Morgan fingerprint density at radius 2 is 1.97 bits per heavy atom. The number of amides is 1. The second kappa shape index (κ2) is 7.92. The largest absolute Gasteiger partial charge is 0.354 e. The van der Waals surface area contributed by atoms with Crippen LogP contribution in [0.3, 0.4) is 0 Å². The molecule has 4 rings (SSSR count). The zero-order valence-corrected chi connectivity index (χ0v) is 16.5. The fourth-order valence-electron chi connectivity index (χ4n) is 3.58. The molecule has 0 bridgehead atoms. The summed E-state index contributed by atoms with van der Waals surface area (Å²) in [4.78, 5) is 20.3. The number of hydrogen-bond acceptors (Lipinski definition) is 4. The van der Waals surface area contributed by atoms with E-state index in [9.17, 15) is 17.6 Å². The molecule has 1 amide bonds. The van der Waals surface area contributed by atoms with Crippen LogP contribution in [0.4, 0.5) is 4.39 Å². The highest BCUT2D eigenvalue weighted by Gasteiger charge is 2.39. The van der Waals surface area contributed by atoms with E-state index in [-0.39, 0.29) is 17.3 Å². The van der Waals surface area contributed by atoms with Crippen LogP contribution in [0.5, 0.6) is 0 Å². The predicted molar refractivity (Wildman–Crippen MR) is 106 cm³/mol. The number of imidazole rings is 1. The number of fused-ring (bicyclic) bond motifs is 1. The van der Waals surface area contributed by atoms with Gasteiger partial charge in [0.05, 0.1) is 15.9 Å². The number of aromatic amines is 1. The quantitative estimate of drug-likeness (QED) is 0.644. The highest BCUT2D eigenvalue weighted by atomic mass is 32.2. The maximum absolute atomic E-state index is 13.1. The number of aromatic nitrogens is 2. The maximum Gasteiger partial charge on any atom is 0.243 e. The number of para-hydroxylation sites is 2. The van der Waals surface area contributed by atoms with Crippen molar-refractivity contribution in [1.29, 1.82) is 0 Å². The second-order valence-corrected chi connectivity index (χ2v) is 8.86. The standard InChI is InChI=1S/C20H21FN4O3S/c21-14-7-9-15(10-8-14)29(27,28)25-13-3-6-18(25)20(26)22-12-11-19-23-16-4-1-2-5-17(16)24-19/h1-2,4-5,7-10,18H,3,6,11-13H2,(H,22,26)(H,23,24)/t18-/m0/s1. The number of benzene rings is 2. The molecule has 0 aliphatic carbocycles. The molecule has 1 atom stereocenters. The van der Waals surface area contributed by atoms with Crippen molar-refractivity contribution in [3.8, 4) is 0 Å². The molecule has 2 N–H and O–H groups in total. The van der Waals surface area contributed by atoms with E-state index in [1.807, 2.05) is 24.3 Å². The summed E-state index contributed by atoms with van der Waals surface area (Å²) in [7, 11) is -3.86. The second-order valence-electron chi connectivity index (χ2n) is 6.97. The number of nitrogens with one attached hydrogen (secondary N) is 2. The summed E-state index contributed by atoms with van der Waals surface area (Å²) >= 11 is 0. The molecule has 152 valence electrons. The Morgan fingerprint density at radius 1 is 1.21 bits per heavy atom. The fraction of sp³-hybridized carbons (Fsp3) is 0.300. The molecule has 1 aromatic heterocycles. The number of hydrogen-bond donors (Lipinski definition) is 2. The SMILES string of the molecule is O=C(NCCc1nc2ccccc2[nH]1)[C@@H]1CCCN1S(=O)(=O)c1ccc(F)cc1. The Hall–Kier alpha value is -2.78. The summed E-state index contributed by atoms with van der Waals surface area (Å²) in [6.07, 6.45) is 1.57. The molecule has 7 nitrogen and oxygen atoms in total. The van der Waals surface area contributed by atoms with Crippen LogP contribution in [0, 0.1) is 5.82 Å². The van der Waals surface area contributed by atoms with Gasteiger partial charge in [0.15, 0.2) is 0 Å². The fourth-order valence-corrected chi connectivity index (χ4v) is 5.23. The number of sulfonamides is 1. The molecule has 1 aliphatic heterocycles. The van der Waals surface area contributed by atoms with Gasteiger partial charge in [-0.3, -0.25) is 4.79 Å². The highest BCUT2D eigenvalue weighted by Crippen LogP contribution is 2.26. The van der Waals surface area contributed by atoms with Crippen molar-refractivity contribution >= 4 is 27.0 Å². The van der Waals surface area contributed by atoms with Crippen LogP contribution in [0.1, 0.15) is 18.7 Å². The lowest BCUT2D eigenvalue weighted by molar-refractivity contribution is -0.124. The van der Waals surface area contributed by atoms with Gasteiger partial charge in [0.25, 0.3) is 0 Å². The predicted octanol–water partition coefficient (Wildman–Crippen LogP) is 2.21. The van der Waals surface area contributed by atoms with Crippen molar-refractivity contribution in [2.24, 2.45) is 0 Å². The lowest BCUT2D eigenvalue weighted by Crippen LogP contribution is -2.46.